The molecule has 1 aliphatic carbocycles. The second-order valence-electron chi connectivity index (χ2n) is 4.69. The van der Waals surface area contributed by atoms with Gasteiger partial charge in [-0.05, 0) is 37.3 Å². The summed E-state index contributed by atoms with van der Waals surface area (Å²) in [5, 5.41) is 7.57. The smallest absolute Gasteiger partial charge is 0.222 e. The average Bonchev–Trinajstić information content (AvgIpc) is 2.90. The van der Waals surface area contributed by atoms with Gasteiger partial charge in [0.1, 0.15) is 5.69 Å². The molecule has 0 saturated carbocycles. The summed E-state index contributed by atoms with van der Waals surface area (Å²) in [4.78, 5) is 14.6. The van der Waals surface area contributed by atoms with Gasteiger partial charge in [-0.3, -0.25) is 4.79 Å². The van der Waals surface area contributed by atoms with E-state index in [1.165, 1.54) is 40.6 Å². The number of rotatable bonds is 2. The van der Waals surface area contributed by atoms with Gasteiger partial charge in [0.15, 0.2) is 0 Å². The molecule has 0 N–H and O–H groups in total. The van der Waals surface area contributed by atoms with Gasteiger partial charge in [0, 0.05) is 11.9 Å². The quantitative estimate of drug-likeness (QED) is 0.616. The molecule has 94 valence electrons. The molecule has 1 aliphatic rings. The number of nitrogens with zero attached hydrogens (tertiary/aromatic N) is 3. The number of hydrogen-bond donors (Lipinski definition) is 0. The van der Waals surface area contributed by atoms with Gasteiger partial charge in [-0.15, -0.1) is 16.4 Å². The van der Waals surface area contributed by atoms with Crippen molar-refractivity contribution in [3.63, 3.8) is 0 Å². The molecule has 2 heterocycles. The summed E-state index contributed by atoms with van der Waals surface area (Å²) >= 11 is 1.65. The first-order valence-corrected chi connectivity index (χ1v) is 7.08. The Morgan fingerprint density at radius 1 is 1.33 bits per heavy atom. The van der Waals surface area contributed by atoms with E-state index >= 15 is 0 Å². The Morgan fingerprint density at radius 2 is 2.17 bits per heavy atom. The van der Waals surface area contributed by atoms with Gasteiger partial charge in [-0.2, -0.15) is 0 Å². The summed E-state index contributed by atoms with van der Waals surface area (Å²) in [7, 11) is 1.75. The summed E-state index contributed by atoms with van der Waals surface area (Å²) in [6.07, 6.45) is 7.56. The highest BCUT2D eigenvalue weighted by molar-refractivity contribution is 7.14. The fourth-order valence-corrected chi connectivity index (χ4v) is 3.60. The van der Waals surface area contributed by atoms with Crippen LogP contribution in [0.5, 0.6) is 0 Å². The molecule has 0 bridgehead atoms. The lowest BCUT2D eigenvalue weighted by atomic mass is 10.1. The zero-order chi connectivity index (χ0) is 12.5. The van der Waals surface area contributed by atoms with E-state index in [0.29, 0.717) is 5.69 Å². The molecule has 18 heavy (non-hydrogen) atoms. The number of carbonyl (C=O) groups excluding carboxylic acids is 1. The number of aryl methyl sites for hydroxylation is 3. The third-order valence-electron chi connectivity index (χ3n) is 3.42. The lowest BCUT2D eigenvalue weighted by Gasteiger charge is -1.97. The summed E-state index contributed by atoms with van der Waals surface area (Å²) in [6.45, 7) is 0. The molecule has 3 rings (SSSR count). The van der Waals surface area contributed by atoms with Crippen LogP contribution in [0.4, 0.5) is 0 Å². The fourth-order valence-electron chi connectivity index (χ4n) is 2.40. The summed E-state index contributed by atoms with van der Waals surface area (Å²) < 4.78 is 1.53. The minimum atomic E-state index is 0.0422. The van der Waals surface area contributed by atoms with Gasteiger partial charge in [-0.1, -0.05) is 11.6 Å². The molecule has 2 aromatic rings. The van der Waals surface area contributed by atoms with Crippen LogP contribution in [0.2, 0.25) is 0 Å². The van der Waals surface area contributed by atoms with Gasteiger partial charge in [0.25, 0.3) is 0 Å². The molecule has 0 aliphatic heterocycles. The standard InChI is InChI=1S/C13H15N3OS/c1-16-10(8-14-15-16)13(17)12-7-9-5-3-2-4-6-11(9)18-12/h7-8H,2-6H2,1H3. The van der Waals surface area contributed by atoms with E-state index < -0.39 is 0 Å². The zero-order valence-corrected chi connectivity index (χ0v) is 11.2. The highest BCUT2D eigenvalue weighted by Crippen LogP contribution is 2.30. The van der Waals surface area contributed by atoms with E-state index in [2.05, 4.69) is 16.4 Å². The molecule has 0 amide bonds. The SMILES string of the molecule is Cn1nncc1C(=O)c1cc2c(s1)CCCCC2. The maximum absolute atomic E-state index is 12.3. The number of thiophene rings is 1. The van der Waals surface area contributed by atoms with Crippen LogP contribution in [0.1, 0.15) is 45.1 Å². The molecule has 0 radical (unpaired) electrons. The van der Waals surface area contributed by atoms with Crippen LogP contribution in [0.3, 0.4) is 0 Å². The van der Waals surface area contributed by atoms with E-state index in [0.717, 1.165) is 17.7 Å². The first-order chi connectivity index (χ1) is 8.75. The minimum absolute atomic E-state index is 0.0422. The van der Waals surface area contributed by atoms with Crippen LogP contribution < -0.4 is 0 Å². The molecule has 2 aromatic heterocycles. The average molecular weight is 261 g/mol. The van der Waals surface area contributed by atoms with Gasteiger partial charge < -0.3 is 0 Å². The maximum Gasteiger partial charge on any atom is 0.222 e. The monoisotopic (exact) mass is 261 g/mol. The number of aromatic nitrogens is 3. The lowest BCUT2D eigenvalue weighted by Crippen LogP contribution is -2.06. The molecule has 0 atom stereocenters. The van der Waals surface area contributed by atoms with Crippen molar-refractivity contribution in [1.82, 2.24) is 15.0 Å². The molecule has 0 spiro atoms. The molecular formula is C13H15N3OS. The highest BCUT2D eigenvalue weighted by atomic mass is 32.1. The number of fused-ring (bicyclic) bond motifs is 1. The molecule has 0 fully saturated rings. The lowest BCUT2D eigenvalue weighted by molar-refractivity contribution is 0.103. The number of hydrogen-bond acceptors (Lipinski definition) is 4. The predicted molar refractivity (Wildman–Crippen MR) is 70.0 cm³/mol. The van der Waals surface area contributed by atoms with Crippen LogP contribution in [0.15, 0.2) is 12.3 Å². The first-order valence-electron chi connectivity index (χ1n) is 6.26. The summed E-state index contributed by atoms with van der Waals surface area (Å²) in [6, 6.07) is 2.07. The Morgan fingerprint density at radius 3 is 2.94 bits per heavy atom. The highest BCUT2D eigenvalue weighted by Gasteiger charge is 2.19. The Bertz CT molecular complexity index is 561. The fraction of sp³-hybridized carbons (Fsp3) is 0.462. The van der Waals surface area contributed by atoms with Crippen LogP contribution >= 0.6 is 11.3 Å². The van der Waals surface area contributed by atoms with E-state index in [9.17, 15) is 4.79 Å². The topological polar surface area (TPSA) is 47.8 Å². The second kappa shape index (κ2) is 4.65. The van der Waals surface area contributed by atoms with Crippen LogP contribution in [0.25, 0.3) is 0 Å². The first kappa shape index (κ1) is 11.6. The molecule has 5 heteroatoms. The van der Waals surface area contributed by atoms with E-state index in [4.69, 9.17) is 0 Å². The molecule has 0 unspecified atom stereocenters. The van der Waals surface area contributed by atoms with Crippen molar-refractivity contribution < 1.29 is 4.79 Å². The Balaban J connectivity index is 1.94. The largest absolute Gasteiger partial charge is 0.286 e. The van der Waals surface area contributed by atoms with Gasteiger partial charge in [0.2, 0.25) is 5.78 Å². The molecular weight excluding hydrogens is 246 g/mol. The van der Waals surface area contributed by atoms with Crippen LogP contribution in [0, 0.1) is 0 Å². The van der Waals surface area contributed by atoms with Crippen molar-refractivity contribution in [3.05, 3.63) is 33.3 Å². The third-order valence-corrected chi connectivity index (χ3v) is 4.65. The molecule has 4 nitrogen and oxygen atoms in total. The number of carbonyl (C=O) groups is 1. The van der Waals surface area contributed by atoms with Crippen LogP contribution in [-0.4, -0.2) is 20.8 Å². The second-order valence-corrected chi connectivity index (χ2v) is 5.83. The Labute approximate surface area is 110 Å². The maximum atomic E-state index is 12.3. The van der Waals surface area contributed by atoms with E-state index in [1.807, 2.05) is 0 Å². The van der Waals surface area contributed by atoms with Gasteiger partial charge >= 0.3 is 0 Å². The van der Waals surface area contributed by atoms with Crippen molar-refractivity contribution >= 4 is 17.1 Å². The molecule has 0 aromatic carbocycles. The van der Waals surface area contributed by atoms with Crippen molar-refractivity contribution in [3.8, 4) is 0 Å². The summed E-state index contributed by atoms with van der Waals surface area (Å²) in [5.41, 5.74) is 1.93. The zero-order valence-electron chi connectivity index (χ0n) is 10.3. The third kappa shape index (κ3) is 1.99. The van der Waals surface area contributed by atoms with Gasteiger partial charge in [0.05, 0.1) is 11.1 Å². The summed E-state index contributed by atoms with van der Waals surface area (Å²) in [5.74, 6) is 0.0422. The normalized spacial score (nSPS) is 15.2. The van der Waals surface area contributed by atoms with Crippen molar-refractivity contribution in [2.75, 3.05) is 0 Å². The van der Waals surface area contributed by atoms with Crippen molar-refractivity contribution in [2.24, 2.45) is 7.05 Å². The minimum Gasteiger partial charge on any atom is -0.286 e. The van der Waals surface area contributed by atoms with Crippen LogP contribution in [-0.2, 0) is 19.9 Å². The Hall–Kier alpha value is -1.49. The molecule has 0 saturated heterocycles. The van der Waals surface area contributed by atoms with Crippen molar-refractivity contribution in [2.45, 2.75) is 32.1 Å². The Kier molecular flexibility index (Phi) is 2.99. The van der Waals surface area contributed by atoms with Crippen molar-refractivity contribution in [1.29, 1.82) is 0 Å². The van der Waals surface area contributed by atoms with Gasteiger partial charge in [-0.25, -0.2) is 4.68 Å². The number of ketones is 1. The van der Waals surface area contributed by atoms with E-state index in [1.54, 1.807) is 18.4 Å². The van der Waals surface area contributed by atoms with E-state index in [-0.39, 0.29) is 5.78 Å². The predicted octanol–water partition coefficient (Wildman–Crippen LogP) is 2.38.